The smallest absolute Gasteiger partial charge is 0.172 e. The van der Waals surface area contributed by atoms with Crippen LogP contribution in [0.5, 0.6) is 0 Å². The van der Waals surface area contributed by atoms with Crippen molar-refractivity contribution in [3.8, 4) is 16.9 Å². The van der Waals surface area contributed by atoms with Crippen LogP contribution in [0.25, 0.3) is 16.9 Å². The molecule has 110 valence electrons. The predicted octanol–water partition coefficient (Wildman–Crippen LogP) is 3.50. The first kappa shape index (κ1) is 14.1. The Balaban J connectivity index is 2.23. The largest absolute Gasteiger partial charge is 0.296 e. The van der Waals surface area contributed by atoms with Crippen LogP contribution >= 0.6 is 0 Å². The fourth-order valence-corrected chi connectivity index (χ4v) is 2.32. The summed E-state index contributed by atoms with van der Waals surface area (Å²) in [5.74, 6) is -0.373. The normalized spacial score (nSPS) is 10.7. The van der Waals surface area contributed by atoms with Gasteiger partial charge in [0.15, 0.2) is 12.0 Å². The molecule has 0 aliphatic rings. The molecule has 0 bridgehead atoms. The third kappa shape index (κ3) is 2.41. The molecular formula is C17H14FN3O. The van der Waals surface area contributed by atoms with E-state index in [2.05, 4.69) is 10.3 Å². The van der Waals surface area contributed by atoms with Crippen LogP contribution < -0.4 is 0 Å². The van der Waals surface area contributed by atoms with Gasteiger partial charge in [0.05, 0.1) is 5.69 Å². The van der Waals surface area contributed by atoms with E-state index in [0.29, 0.717) is 17.5 Å². The van der Waals surface area contributed by atoms with Crippen LogP contribution in [-0.4, -0.2) is 21.3 Å². The summed E-state index contributed by atoms with van der Waals surface area (Å²) in [6, 6.07) is 11.9. The van der Waals surface area contributed by atoms with E-state index in [1.807, 2.05) is 32.0 Å². The maximum absolute atomic E-state index is 13.5. The molecule has 1 heterocycles. The van der Waals surface area contributed by atoms with E-state index < -0.39 is 0 Å². The van der Waals surface area contributed by atoms with Crippen molar-refractivity contribution in [1.29, 1.82) is 0 Å². The van der Waals surface area contributed by atoms with E-state index in [1.165, 1.54) is 12.1 Å². The van der Waals surface area contributed by atoms with Crippen molar-refractivity contribution in [2.24, 2.45) is 0 Å². The van der Waals surface area contributed by atoms with E-state index in [0.717, 1.165) is 16.8 Å². The molecule has 0 radical (unpaired) electrons. The predicted molar refractivity (Wildman–Crippen MR) is 81.6 cm³/mol. The second-order valence-electron chi connectivity index (χ2n) is 5.13. The highest BCUT2D eigenvalue weighted by atomic mass is 19.1. The quantitative estimate of drug-likeness (QED) is 0.695. The van der Waals surface area contributed by atoms with Gasteiger partial charge in [-0.15, -0.1) is 5.10 Å². The zero-order valence-electron chi connectivity index (χ0n) is 12.2. The Kier molecular flexibility index (Phi) is 3.55. The highest BCUT2D eigenvalue weighted by molar-refractivity contribution is 5.84. The summed E-state index contributed by atoms with van der Waals surface area (Å²) in [5.41, 5.74) is 4.27. The second-order valence-corrected chi connectivity index (χ2v) is 5.13. The number of rotatable bonds is 3. The van der Waals surface area contributed by atoms with Gasteiger partial charge in [0.2, 0.25) is 0 Å². The molecule has 0 unspecified atom stereocenters. The number of carbonyl (C=O) groups excluding carboxylic acids is 1. The van der Waals surface area contributed by atoms with Gasteiger partial charge >= 0.3 is 0 Å². The van der Waals surface area contributed by atoms with Crippen molar-refractivity contribution < 1.29 is 9.18 Å². The summed E-state index contributed by atoms with van der Waals surface area (Å²) in [5, 5.41) is 7.94. The van der Waals surface area contributed by atoms with Crippen LogP contribution in [0.2, 0.25) is 0 Å². The van der Waals surface area contributed by atoms with Gasteiger partial charge in [-0.1, -0.05) is 23.4 Å². The van der Waals surface area contributed by atoms with Gasteiger partial charge in [-0.25, -0.2) is 9.07 Å². The van der Waals surface area contributed by atoms with Gasteiger partial charge in [-0.05, 0) is 49.2 Å². The van der Waals surface area contributed by atoms with E-state index in [9.17, 15) is 9.18 Å². The number of aryl methyl sites for hydroxylation is 2. The molecular weight excluding hydrogens is 281 g/mol. The fraction of sp³-hybridized carbons (Fsp3) is 0.118. The first-order chi connectivity index (χ1) is 10.6. The van der Waals surface area contributed by atoms with E-state index >= 15 is 0 Å². The van der Waals surface area contributed by atoms with E-state index in [4.69, 9.17) is 0 Å². The molecule has 0 saturated carbocycles. The van der Waals surface area contributed by atoms with Crippen LogP contribution in [0.1, 0.15) is 21.6 Å². The highest BCUT2D eigenvalue weighted by Crippen LogP contribution is 2.25. The second kappa shape index (κ2) is 5.52. The maximum Gasteiger partial charge on any atom is 0.172 e. The molecule has 0 atom stereocenters. The molecule has 4 nitrogen and oxygen atoms in total. The lowest BCUT2D eigenvalue weighted by molar-refractivity contribution is 0.111. The first-order valence-corrected chi connectivity index (χ1v) is 6.84. The standard InChI is InChI=1S/C17H14FN3O/c1-11-6-7-15(8-12(11)2)21-17(16(10-22)19-20-21)13-4-3-5-14(18)9-13/h3-10H,1-2H3. The summed E-state index contributed by atoms with van der Waals surface area (Å²) in [7, 11) is 0. The molecule has 0 N–H and O–H groups in total. The Labute approximate surface area is 127 Å². The molecule has 2 aromatic carbocycles. The van der Waals surface area contributed by atoms with Crippen LogP contribution in [0.4, 0.5) is 4.39 Å². The molecule has 3 rings (SSSR count). The van der Waals surface area contributed by atoms with Crippen LogP contribution in [0.15, 0.2) is 42.5 Å². The minimum Gasteiger partial charge on any atom is -0.296 e. The molecule has 5 heteroatoms. The number of aromatic nitrogens is 3. The Hall–Kier alpha value is -2.82. The third-order valence-corrected chi connectivity index (χ3v) is 3.64. The Morgan fingerprint density at radius 2 is 1.91 bits per heavy atom. The first-order valence-electron chi connectivity index (χ1n) is 6.84. The van der Waals surface area contributed by atoms with Gasteiger partial charge in [0, 0.05) is 5.56 Å². The fourth-order valence-electron chi connectivity index (χ4n) is 2.32. The van der Waals surface area contributed by atoms with E-state index in [1.54, 1.807) is 16.8 Å². The number of halogens is 1. The van der Waals surface area contributed by atoms with Crippen molar-refractivity contribution in [2.45, 2.75) is 13.8 Å². The lowest BCUT2D eigenvalue weighted by atomic mass is 10.1. The molecule has 0 saturated heterocycles. The molecule has 0 fully saturated rings. The van der Waals surface area contributed by atoms with Crippen LogP contribution in [0.3, 0.4) is 0 Å². The Morgan fingerprint density at radius 3 is 2.59 bits per heavy atom. The number of aldehydes is 1. The number of hydrogen-bond donors (Lipinski definition) is 0. The SMILES string of the molecule is Cc1ccc(-n2nnc(C=O)c2-c2cccc(F)c2)cc1C. The molecule has 1 aromatic heterocycles. The van der Waals surface area contributed by atoms with Crippen LogP contribution in [0, 0.1) is 19.7 Å². The van der Waals surface area contributed by atoms with Gasteiger partial charge in [-0.3, -0.25) is 4.79 Å². The number of nitrogens with zero attached hydrogens (tertiary/aromatic N) is 3. The average Bonchev–Trinajstić information content (AvgIpc) is 2.94. The zero-order chi connectivity index (χ0) is 15.7. The minimum atomic E-state index is -0.373. The van der Waals surface area contributed by atoms with Crippen molar-refractivity contribution >= 4 is 6.29 Å². The summed E-state index contributed by atoms with van der Waals surface area (Å²) in [6.07, 6.45) is 0.630. The van der Waals surface area contributed by atoms with Gasteiger partial charge in [-0.2, -0.15) is 0 Å². The summed E-state index contributed by atoms with van der Waals surface area (Å²) < 4.78 is 15.1. The zero-order valence-corrected chi connectivity index (χ0v) is 12.2. The third-order valence-electron chi connectivity index (χ3n) is 3.64. The Morgan fingerprint density at radius 1 is 1.09 bits per heavy atom. The summed E-state index contributed by atoms with van der Waals surface area (Å²) >= 11 is 0. The number of carbonyl (C=O) groups is 1. The molecule has 0 spiro atoms. The Bertz CT molecular complexity index is 855. The van der Waals surface area contributed by atoms with Crippen LogP contribution in [-0.2, 0) is 0 Å². The molecule has 0 aliphatic carbocycles. The molecule has 0 aliphatic heterocycles. The lowest BCUT2D eigenvalue weighted by Gasteiger charge is -2.09. The maximum atomic E-state index is 13.5. The highest BCUT2D eigenvalue weighted by Gasteiger charge is 2.16. The number of benzene rings is 2. The topological polar surface area (TPSA) is 47.8 Å². The minimum absolute atomic E-state index is 0.184. The number of hydrogen-bond acceptors (Lipinski definition) is 3. The van der Waals surface area contributed by atoms with Crippen molar-refractivity contribution in [2.75, 3.05) is 0 Å². The van der Waals surface area contributed by atoms with Gasteiger partial charge < -0.3 is 0 Å². The van der Waals surface area contributed by atoms with Gasteiger partial charge in [0.1, 0.15) is 11.5 Å². The molecule has 0 amide bonds. The van der Waals surface area contributed by atoms with Crippen molar-refractivity contribution in [3.05, 3.63) is 65.1 Å². The van der Waals surface area contributed by atoms with Gasteiger partial charge in [0.25, 0.3) is 0 Å². The summed E-state index contributed by atoms with van der Waals surface area (Å²) in [4.78, 5) is 11.2. The lowest BCUT2D eigenvalue weighted by Crippen LogP contribution is -2.01. The monoisotopic (exact) mass is 295 g/mol. The van der Waals surface area contributed by atoms with Crippen molar-refractivity contribution in [3.63, 3.8) is 0 Å². The average molecular weight is 295 g/mol. The van der Waals surface area contributed by atoms with Crippen molar-refractivity contribution in [1.82, 2.24) is 15.0 Å². The summed E-state index contributed by atoms with van der Waals surface area (Å²) in [6.45, 7) is 4.02. The molecule has 22 heavy (non-hydrogen) atoms. The molecule has 3 aromatic rings. The van der Waals surface area contributed by atoms with E-state index in [-0.39, 0.29) is 11.5 Å².